The number of hydrogen-bond donors (Lipinski definition) is 0. The van der Waals surface area contributed by atoms with Crippen LogP contribution in [0.5, 0.6) is 0 Å². The molecule has 10 rings (SSSR count). The highest BCUT2D eigenvalue weighted by molar-refractivity contribution is 7.26. The van der Waals surface area contributed by atoms with Gasteiger partial charge < -0.3 is 4.90 Å². The highest BCUT2D eigenvalue weighted by Crippen LogP contribution is 2.51. The Bertz CT molecular complexity index is 2810. The van der Waals surface area contributed by atoms with Crippen LogP contribution in [0.15, 0.2) is 188 Å². The first-order valence-corrected chi connectivity index (χ1v) is 19.2. The summed E-state index contributed by atoms with van der Waals surface area (Å²) in [4.78, 5) is 2.42. The number of fused-ring (bicyclic) bond motifs is 6. The SMILES string of the molecule is CC1(C)c2ccccc2-c2ccc(N(c3ccc(-c4ccccc4-c4cccc5c4sc4ccccc45)cc3)c3cccc(-c4ccccc4)c3)cc21. The Morgan fingerprint density at radius 1 is 0.377 bits per heavy atom. The van der Waals surface area contributed by atoms with E-state index in [9.17, 15) is 0 Å². The van der Waals surface area contributed by atoms with Gasteiger partial charge in [0, 0.05) is 48.2 Å². The summed E-state index contributed by atoms with van der Waals surface area (Å²) in [7, 11) is 0. The molecule has 53 heavy (non-hydrogen) atoms. The maximum absolute atomic E-state index is 2.42. The molecule has 0 radical (unpaired) electrons. The van der Waals surface area contributed by atoms with Crippen LogP contribution >= 0.6 is 11.3 Å². The smallest absolute Gasteiger partial charge is 0.0467 e. The summed E-state index contributed by atoms with van der Waals surface area (Å²) in [6.45, 7) is 4.71. The number of thiophene rings is 1. The van der Waals surface area contributed by atoms with E-state index in [1.807, 2.05) is 11.3 Å². The monoisotopic (exact) mass is 695 g/mol. The van der Waals surface area contributed by atoms with E-state index in [2.05, 4.69) is 207 Å². The standard InChI is InChI=1S/C51H37NS/c1-51(2)47-24-10-8-20-42(47)43-31-30-39(33-48(43)51)52(38-17-12-16-36(32-38)34-14-4-3-5-15-34)37-28-26-35(27-29-37)40-18-6-7-19-41(40)45-22-13-23-46-44-21-9-11-25-49(44)53-50(45)46/h3-33H,1-2H3. The first kappa shape index (κ1) is 31.5. The molecular formula is C51H37NS. The van der Waals surface area contributed by atoms with E-state index in [0.29, 0.717) is 0 Å². The molecule has 0 N–H and O–H groups in total. The fourth-order valence-electron chi connectivity index (χ4n) is 8.45. The lowest BCUT2D eigenvalue weighted by atomic mass is 9.82. The van der Waals surface area contributed by atoms with Gasteiger partial charge in [-0.05, 0) is 92.5 Å². The molecule has 252 valence electrons. The van der Waals surface area contributed by atoms with Crippen LogP contribution < -0.4 is 4.90 Å². The van der Waals surface area contributed by atoms with Gasteiger partial charge in [0.15, 0.2) is 0 Å². The average molecular weight is 696 g/mol. The number of anilines is 3. The van der Waals surface area contributed by atoms with Crippen LogP contribution in [0.2, 0.25) is 0 Å². The van der Waals surface area contributed by atoms with E-state index in [-0.39, 0.29) is 5.41 Å². The minimum absolute atomic E-state index is 0.0929. The average Bonchev–Trinajstić information content (AvgIpc) is 3.71. The Morgan fingerprint density at radius 3 is 1.83 bits per heavy atom. The summed E-state index contributed by atoms with van der Waals surface area (Å²) in [5.41, 5.74) is 16.1. The molecular weight excluding hydrogens is 659 g/mol. The fourth-order valence-corrected chi connectivity index (χ4v) is 9.68. The second-order valence-corrected chi connectivity index (χ2v) is 15.6. The fraction of sp³-hybridized carbons (Fsp3) is 0.0588. The van der Waals surface area contributed by atoms with E-state index in [1.165, 1.54) is 75.8 Å². The Kier molecular flexibility index (Phi) is 7.42. The maximum atomic E-state index is 2.42. The Morgan fingerprint density at radius 2 is 0.981 bits per heavy atom. The minimum Gasteiger partial charge on any atom is -0.310 e. The zero-order chi connectivity index (χ0) is 35.5. The molecule has 0 amide bonds. The topological polar surface area (TPSA) is 3.24 Å². The number of benzene rings is 8. The molecule has 1 nitrogen and oxygen atoms in total. The highest BCUT2D eigenvalue weighted by atomic mass is 32.1. The molecule has 2 heteroatoms. The lowest BCUT2D eigenvalue weighted by Gasteiger charge is -2.28. The van der Waals surface area contributed by atoms with E-state index in [0.717, 1.165) is 17.1 Å². The van der Waals surface area contributed by atoms with Gasteiger partial charge in [0.1, 0.15) is 0 Å². The summed E-state index contributed by atoms with van der Waals surface area (Å²) in [5.74, 6) is 0. The maximum Gasteiger partial charge on any atom is 0.0467 e. The first-order chi connectivity index (χ1) is 26.0. The molecule has 8 aromatic carbocycles. The van der Waals surface area contributed by atoms with Gasteiger partial charge >= 0.3 is 0 Å². The number of nitrogens with zero attached hydrogens (tertiary/aromatic N) is 1. The second-order valence-electron chi connectivity index (χ2n) is 14.5. The van der Waals surface area contributed by atoms with Crippen molar-refractivity contribution in [2.45, 2.75) is 19.3 Å². The number of hydrogen-bond acceptors (Lipinski definition) is 2. The lowest BCUT2D eigenvalue weighted by Crippen LogP contribution is -2.16. The third kappa shape index (κ3) is 5.21. The largest absolute Gasteiger partial charge is 0.310 e. The molecule has 0 unspecified atom stereocenters. The van der Waals surface area contributed by atoms with E-state index in [1.54, 1.807) is 0 Å². The second kappa shape index (κ2) is 12.5. The summed E-state index contributed by atoms with van der Waals surface area (Å²) in [6.07, 6.45) is 0. The molecule has 1 heterocycles. The first-order valence-electron chi connectivity index (χ1n) is 18.3. The normalized spacial score (nSPS) is 12.9. The van der Waals surface area contributed by atoms with Crippen molar-refractivity contribution >= 4 is 48.6 Å². The van der Waals surface area contributed by atoms with Gasteiger partial charge in [-0.2, -0.15) is 0 Å². The van der Waals surface area contributed by atoms with Crippen molar-refractivity contribution in [2.24, 2.45) is 0 Å². The van der Waals surface area contributed by atoms with Gasteiger partial charge in [-0.25, -0.2) is 0 Å². The van der Waals surface area contributed by atoms with Crippen molar-refractivity contribution in [1.29, 1.82) is 0 Å². The summed E-state index contributed by atoms with van der Waals surface area (Å²) in [6, 6.07) is 69.0. The van der Waals surface area contributed by atoms with Crippen LogP contribution in [-0.4, -0.2) is 0 Å². The van der Waals surface area contributed by atoms with Crippen molar-refractivity contribution in [3.05, 3.63) is 199 Å². The molecule has 0 bridgehead atoms. The highest BCUT2D eigenvalue weighted by Gasteiger charge is 2.35. The molecule has 0 saturated heterocycles. The van der Waals surface area contributed by atoms with E-state index >= 15 is 0 Å². The van der Waals surface area contributed by atoms with Crippen LogP contribution in [0.1, 0.15) is 25.0 Å². The van der Waals surface area contributed by atoms with Crippen LogP contribution in [0.25, 0.3) is 64.7 Å². The molecule has 0 saturated carbocycles. The summed E-state index contributed by atoms with van der Waals surface area (Å²) >= 11 is 1.89. The minimum atomic E-state index is -0.0929. The molecule has 1 aromatic heterocycles. The van der Waals surface area contributed by atoms with Crippen LogP contribution in [0, 0.1) is 0 Å². The Balaban J connectivity index is 1.10. The quantitative estimate of drug-likeness (QED) is 0.167. The van der Waals surface area contributed by atoms with Crippen molar-refractivity contribution in [1.82, 2.24) is 0 Å². The molecule has 0 atom stereocenters. The lowest BCUT2D eigenvalue weighted by molar-refractivity contribution is 0.660. The number of rotatable bonds is 6. The van der Waals surface area contributed by atoms with Crippen molar-refractivity contribution in [3.63, 3.8) is 0 Å². The molecule has 0 spiro atoms. The third-order valence-corrected chi connectivity index (χ3v) is 12.3. The third-order valence-electron chi connectivity index (χ3n) is 11.1. The predicted molar refractivity (Wildman–Crippen MR) is 228 cm³/mol. The van der Waals surface area contributed by atoms with Crippen molar-refractivity contribution in [2.75, 3.05) is 4.90 Å². The van der Waals surface area contributed by atoms with Crippen molar-refractivity contribution in [3.8, 4) is 44.5 Å². The molecule has 1 aliphatic rings. The van der Waals surface area contributed by atoms with Gasteiger partial charge in [0.25, 0.3) is 0 Å². The van der Waals surface area contributed by atoms with Gasteiger partial charge in [-0.15, -0.1) is 11.3 Å². The molecule has 0 fully saturated rings. The van der Waals surface area contributed by atoms with Gasteiger partial charge in [-0.3, -0.25) is 0 Å². The summed E-state index contributed by atoms with van der Waals surface area (Å²) in [5, 5.41) is 2.65. The van der Waals surface area contributed by atoms with Gasteiger partial charge in [0.05, 0.1) is 0 Å². The Hall–Kier alpha value is -6.22. The zero-order valence-electron chi connectivity index (χ0n) is 29.8. The molecule has 0 aliphatic heterocycles. The van der Waals surface area contributed by atoms with Crippen molar-refractivity contribution < 1.29 is 0 Å². The Labute approximate surface area is 315 Å². The van der Waals surface area contributed by atoms with Crippen LogP contribution in [0.4, 0.5) is 17.1 Å². The molecule has 9 aromatic rings. The van der Waals surface area contributed by atoms with Crippen LogP contribution in [-0.2, 0) is 5.41 Å². The van der Waals surface area contributed by atoms with Gasteiger partial charge in [-0.1, -0.05) is 159 Å². The van der Waals surface area contributed by atoms with E-state index in [4.69, 9.17) is 0 Å². The van der Waals surface area contributed by atoms with Crippen LogP contribution in [0.3, 0.4) is 0 Å². The zero-order valence-corrected chi connectivity index (χ0v) is 30.6. The molecule has 1 aliphatic carbocycles. The summed E-state index contributed by atoms with van der Waals surface area (Å²) < 4.78 is 2.66. The predicted octanol–water partition coefficient (Wildman–Crippen LogP) is 14.8. The van der Waals surface area contributed by atoms with Gasteiger partial charge in [0.2, 0.25) is 0 Å². The van der Waals surface area contributed by atoms with E-state index < -0.39 is 0 Å².